The van der Waals surface area contributed by atoms with Gasteiger partial charge in [-0.1, -0.05) is 12.2 Å². The van der Waals surface area contributed by atoms with Crippen LogP contribution in [0.3, 0.4) is 0 Å². The fraction of sp³-hybridized carbons (Fsp3) is 0.526. The first kappa shape index (κ1) is 15.3. The molecule has 0 radical (unpaired) electrons. The van der Waals surface area contributed by atoms with Crippen molar-refractivity contribution in [2.45, 2.75) is 26.2 Å². The summed E-state index contributed by atoms with van der Waals surface area (Å²) < 4.78 is 0. The molecule has 22 heavy (non-hydrogen) atoms. The lowest BCUT2D eigenvalue weighted by Gasteiger charge is -2.38. The number of hydrogen-bond donors (Lipinski definition) is 0. The number of carbonyl (C=O) groups is 1. The quantitative estimate of drug-likeness (QED) is 0.629. The molecule has 1 fully saturated rings. The molecule has 1 aliphatic carbocycles. The van der Waals surface area contributed by atoms with Gasteiger partial charge in [-0.15, -0.1) is 0 Å². The standard InChI is InChI=1S/C19H26N2O/c1-16(22)18-7-9-19(10-8-18)21-13-11-20(12-14-21)15-17-5-3-2-4-6-17/h2-3,7-10,17H,4-6,11-15H2,1H3/t17-/m0/s1. The number of allylic oxidation sites excluding steroid dienone is 2. The lowest BCUT2D eigenvalue weighted by molar-refractivity contribution is 0.101. The SMILES string of the molecule is CC(=O)c1ccc(N2CCN(C[C@H]3CC=CCC3)CC2)cc1. The van der Waals surface area contributed by atoms with Gasteiger partial charge in [0.1, 0.15) is 0 Å². The summed E-state index contributed by atoms with van der Waals surface area (Å²) in [6.07, 6.45) is 8.53. The molecule has 1 aromatic rings. The Hall–Kier alpha value is -1.61. The maximum absolute atomic E-state index is 11.3. The highest BCUT2D eigenvalue weighted by molar-refractivity contribution is 5.94. The Kier molecular flexibility index (Phi) is 4.94. The summed E-state index contributed by atoms with van der Waals surface area (Å²) in [6, 6.07) is 8.05. The monoisotopic (exact) mass is 298 g/mol. The second kappa shape index (κ2) is 7.10. The highest BCUT2D eigenvalue weighted by Gasteiger charge is 2.20. The lowest BCUT2D eigenvalue weighted by Crippen LogP contribution is -2.47. The van der Waals surface area contributed by atoms with E-state index in [0.717, 1.165) is 37.7 Å². The van der Waals surface area contributed by atoms with Crippen molar-refractivity contribution in [3.05, 3.63) is 42.0 Å². The number of ketones is 1. The van der Waals surface area contributed by atoms with Crippen LogP contribution >= 0.6 is 0 Å². The zero-order valence-corrected chi connectivity index (χ0v) is 13.5. The Morgan fingerprint density at radius 2 is 1.82 bits per heavy atom. The maximum atomic E-state index is 11.3. The van der Waals surface area contributed by atoms with Crippen molar-refractivity contribution >= 4 is 11.5 Å². The number of hydrogen-bond acceptors (Lipinski definition) is 3. The zero-order valence-electron chi connectivity index (χ0n) is 13.5. The van der Waals surface area contributed by atoms with Gasteiger partial charge in [-0.25, -0.2) is 0 Å². The normalized spacial score (nSPS) is 22.8. The van der Waals surface area contributed by atoms with Crippen LogP contribution in [0.2, 0.25) is 0 Å². The van der Waals surface area contributed by atoms with Crippen molar-refractivity contribution in [3.63, 3.8) is 0 Å². The molecule has 118 valence electrons. The molecule has 1 heterocycles. The minimum atomic E-state index is 0.137. The second-order valence-corrected chi connectivity index (χ2v) is 6.54. The summed E-state index contributed by atoms with van der Waals surface area (Å²) in [5.74, 6) is 0.990. The topological polar surface area (TPSA) is 23.6 Å². The Bertz CT molecular complexity index is 527. The van der Waals surface area contributed by atoms with E-state index in [1.54, 1.807) is 6.92 Å². The Morgan fingerprint density at radius 3 is 2.41 bits per heavy atom. The van der Waals surface area contributed by atoms with Gasteiger partial charge in [0.2, 0.25) is 0 Å². The average Bonchev–Trinajstić information content (AvgIpc) is 2.57. The molecule has 0 aromatic heterocycles. The third kappa shape index (κ3) is 3.77. The maximum Gasteiger partial charge on any atom is 0.159 e. The van der Waals surface area contributed by atoms with E-state index in [4.69, 9.17) is 0 Å². The number of piperazine rings is 1. The van der Waals surface area contributed by atoms with Gasteiger partial charge in [-0.3, -0.25) is 9.69 Å². The molecule has 0 N–H and O–H groups in total. The fourth-order valence-corrected chi connectivity index (χ4v) is 3.48. The first-order valence-electron chi connectivity index (χ1n) is 8.45. The van der Waals surface area contributed by atoms with Gasteiger partial charge in [0.25, 0.3) is 0 Å². The third-order valence-electron chi connectivity index (χ3n) is 4.91. The highest BCUT2D eigenvalue weighted by Crippen LogP contribution is 2.22. The summed E-state index contributed by atoms with van der Waals surface area (Å²) in [5, 5.41) is 0. The first-order valence-corrected chi connectivity index (χ1v) is 8.45. The van der Waals surface area contributed by atoms with Crippen LogP contribution in [0.25, 0.3) is 0 Å². The van der Waals surface area contributed by atoms with E-state index in [1.807, 2.05) is 12.1 Å². The van der Waals surface area contributed by atoms with Gasteiger partial charge in [0, 0.05) is 44.0 Å². The van der Waals surface area contributed by atoms with E-state index in [0.29, 0.717) is 0 Å². The summed E-state index contributed by atoms with van der Waals surface area (Å²) >= 11 is 0. The van der Waals surface area contributed by atoms with Gasteiger partial charge >= 0.3 is 0 Å². The number of nitrogens with zero attached hydrogens (tertiary/aromatic N) is 2. The molecular formula is C19H26N2O. The van der Waals surface area contributed by atoms with Gasteiger partial charge < -0.3 is 4.90 Å². The van der Waals surface area contributed by atoms with Gasteiger partial charge in [0.15, 0.2) is 5.78 Å². The van der Waals surface area contributed by atoms with Crippen molar-refractivity contribution in [2.24, 2.45) is 5.92 Å². The molecule has 0 bridgehead atoms. The number of rotatable bonds is 4. The van der Waals surface area contributed by atoms with Gasteiger partial charge in [-0.2, -0.15) is 0 Å². The predicted molar refractivity (Wildman–Crippen MR) is 91.6 cm³/mol. The summed E-state index contributed by atoms with van der Waals surface area (Å²) in [5.41, 5.74) is 2.04. The smallest absolute Gasteiger partial charge is 0.159 e. The van der Waals surface area contributed by atoms with Crippen LogP contribution in [0.4, 0.5) is 5.69 Å². The van der Waals surface area contributed by atoms with Crippen molar-refractivity contribution in [3.8, 4) is 0 Å². The molecule has 0 unspecified atom stereocenters. The van der Waals surface area contributed by atoms with Gasteiger partial charge in [-0.05, 0) is 56.4 Å². The molecule has 3 nitrogen and oxygen atoms in total. The van der Waals surface area contributed by atoms with Crippen molar-refractivity contribution in [1.82, 2.24) is 4.90 Å². The molecule has 1 aliphatic heterocycles. The van der Waals surface area contributed by atoms with Crippen molar-refractivity contribution in [2.75, 3.05) is 37.6 Å². The van der Waals surface area contributed by atoms with Crippen LogP contribution in [0, 0.1) is 5.92 Å². The van der Waals surface area contributed by atoms with E-state index < -0.39 is 0 Å². The van der Waals surface area contributed by atoms with Crippen LogP contribution < -0.4 is 4.90 Å². The average molecular weight is 298 g/mol. The summed E-state index contributed by atoms with van der Waals surface area (Å²) in [7, 11) is 0. The number of anilines is 1. The second-order valence-electron chi connectivity index (χ2n) is 6.54. The first-order chi connectivity index (χ1) is 10.7. The third-order valence-corrected chi connectivity index (χ3v) is 4.91. The molecule has 0 spiro atoms. The van der Waals surface area contributed by atoms with Crippen LogP contribution in [0.15, 0.2) is 36.4 Å². The van der Waals surface area contributed by atoms with E-state index in [1.165, 1.54) is 31.5 Å². The molecule has 0 amide bonds. The minimum absolute atomic E-state index is 0.137. The highest BCUT2D eigenvalue weighted by atomic mass is 16.1. The molecule has 3 heteroatoms. The van der Waals surface area contributed by atoms with Gasteiger partial charge in [0.05, 0.1) is 0 Å². The molecular weight excluding hydrogens is 272 g/mol. The molecule has 3 rings (SSSR count). The van der Waals surface area contributed by atoms with Crippen LogP contribution in [-0.4, -0.2) is 43.4 Å². The molecule has 1 aromatic carbocycles. The Balaban J connectivity index is 1.50. The molecule has 0 saturated carbocycles. The molecule has 1 atom stereocenters. The minimum Gasteiger partial charge on any atom is -0.369 e. The van der Waals surface area contributed by atoms with E-state index in [-0.39, 0.29) is 5.78 Å². The summed E-state index contributed by atoms with van der Waals surface area (Å²) in [6.45, 7) is 7.34. The number of carbonyl (C=O) groups excluding carboxylic acids is 1. The van der Waals surface area contributed by atoms with Crippen molar-refractivity contribution in [1.29, 1.82) is 0 Å². The Labute approximate surface area is 133 Å². The molecule has 2 aliphatic rings. The lowest BCUT2D eigenvalue weighted by atomic mass is 9.94. The Morgan fingerprint density at radius 1 is 1.09 bits per heavy atom. The summed E-state index contributed by atoms with van der Waals surface area (Å²) in [4.78, 5) is 16.4. The molecule has 1 saturated heterocycles. The zero-order chi connectivity index (χ0) is 15.4. The van der Waals surface area contributed by atoms with Crippen LogP contribution in [0.5, 0.6) is 0 Å². The largest absolute Gasteiger partial charge is 0.369 e. The van der Waals surface area contributed by atoms with Crippen LogP contribution in [0.1, 0.15) is 36.5 Å². The van der Waals surface area contributed by atoms with E-state index in [2.05, 4.69) is 34.1 Å². The number of Topliss-reactive ketones (excluding diaryl/α,β-unsaturated/α-hetero) is 1. The van der Waals surface area contributed by atoms with Crippen LogP contribution in [-0.2, 0) is 0 Å². The van der Waals surface area contributed by atoms with E-state index >= 15 is 0 Å². The predicted octanol–water partition coefficient (Wildman–Crippen LogP) is 3.37. The van der Waals surface area contributed by atoms with E-state index in [9.17, 15) is 4.79 Å². The van der Waals surface area contributed by atoms with Crippen molar-refractivity contribution < 1.29 is 4.79 Å². The fourth-order valence-electron chi connectivity index (χ4n) is 3.48. The number of benzene rings is 1.